The van der Waals surface area contributed by atoms with Crippen LogP contribution in [0.25, 0.3) is 0 Å². The number of phenols is 1. The Kier molecular flexibility index (Phi) is 10.5. The highest BCUT2D eigenvalue weighted by Gasteiger charge is 2.08. The molecule has 132 valence electrons. The molecule has 0 fully saturated rings. The maximum Gasteiger partial charge on any atom is 0.122 e. The SMILES string of the molecule is CCCCCCCCCCC[C@@H](O)Cc1cc(O)cc(OC)c1. The van der Waals surface area contributed by atoms with Gasteiger partial charge >= 0.3 is 0 Å². The molecule has 0 radical (unpaired) electrons. The Morgan fingerprint density at radius 3 is 2.13 bits per heavy atom. The van der Waals surface area contributed by atoms with Gasteiger partial charge in [-0.25, -0.2) is 0 Å². The summed E-state index contributed by atoms with van der Waals surface area (Å²) in [7, 11) is 1.58. The lowest BCUT2D eigenvalue weighted by atomic mass is 10.0. The van der Waals surface area contributed by atoms with Crippen molar-refractivity contribution in [3.05, 3.63) is 23.8 Å². The molecule has 0 heterocycles. The zero-order valence-electron chi connectivity index (χ0n) is 14.9. The van der Waals surface area contributed by atoms with Gasteiger partial charge in [-0.15, -0.1) is 0 Å². The van der Waals surface area contributed by atoms with E-state index in [-0.39, 0.29) is 11.9 Å². The Morgan fingerprint density at radius 2 is 1.52 bits per heavy atom. The largest absolute Gasteiger partial charge is 0.508 e. The molecule has 2 N–H and O–H groups in total. The number of rotatable bonds is 13. The van der Waals surface area contributed by atoms with Gasteiger partial charge in [0.1, 0.15) is 11.5 Å². The van der Waals surface area contributed by atoms with Crippen molar-refractivity contribution in [1.29, 1.82) is 0 Å². The van der Waals surface area contributed by atoms with Gasteiger partial charge in [0.05, 0.1) is 13.2 Å². The van der Waals surface area contributed by atoms with Crippen molar-refractivity contribution in [2.45, 2.75) is 83.7 Å². The Morgan fingerprint density at radius 1 is 0.913 bits per heavy atom. The average Bonchev–Trinajstić information content (AvgIpc) is 2.52. The van der Waals surface area contributed by atoms with E-state index < -0.39 is 0 Å². The highest BCUT2D eigenvalue weighted by atomic mass is 16.5. The van der Waals surface area contributed by atoms with Gasteiger partial charge in [0.25, 0.3) is 0 Å². The summed E-state index contributed by atoms with van der Waals surface area (Å²) in [5.74, 6) is 0.824. The fourth-order valence-corrected chi connectivity index (χ4v) is 2.94. The summed E-state index contributed by atoms with van der Waals surface area (Å²) in [4.78, 5) is 0. The number of hydrogen-bond donors (Lipinski definition) is 2. The van der Waals surface area contributed by atoms with Gasteiger partial charge in [0.2, 0.25) is 0 Å². The second kappa shape index (κ2) is 12.2. The van der Waals surface area contributed by atoms with Crippen LogP contribution < -0.4 is 4.74 Å². The first-order valence-corrected chi connectivity index (χ1v) is 9.20. The van der Waals surface area contributed by atoms with E-state index in [0.29, 0.717) is 12.2 Å². The fraction of sp³-hybridized carbons (Fsp3) is 0.700. The standard InChI is InChI=1S/C20H34O3/c1-3-4-5-6-7-8-9-10-11-12-18(21)13-17-14-19(22)16-20(15-17)23-2/h14-16,18,21-22H,3-13H2,1-2H3/t18-/m1/s1. The van der Waals surface area contributed by atoms with Crippen LogP contribution in [-0.2, 0) is 6.42 Å². The second-order valence-corrected chi connectivity index (χ2v) is 6.51. The number of aromatic hydroxyl groups is 1. The first-order valence-electron chi connectivity index (χ1n) is 9.20. The van der Waals surface area contributed by atoms with Crippen LogP contribution in [-0.4, -0.2) is 23.4 Å². The molecule has 3 heteroatoms. The molecule has 1 rings (SSSR count). The van der Waals surface area contributed by atoms with Gasteiger partial charge in [-0.1, -0.05) is 64.7 Å². The molecule has 1 atom stereocenters. The summed E-state index contributed by atoms with van der Waals surface area (Å²) in [5, 5.41) is 19.8. The fourth-order valence-electron chi connectivity index (χ4n) is 2.94. The van der Waals surface area contributed by atoms with E-state index in [2.05, 4.69) is 6.92 Å². The molecule has 1 aromatic carbocycles. The van der Waals surface area contributed by atoms with E-state index in [1.165, 1.54) is 51.4 Å². The van der Waals surface area contributed by atoms with E-state index in [1.54, 1.807) is 19.2 Å². The van der Waals surface area contributed by atoms with E-state index in [0.717, 1.165) is 18.4 Å². The van der Waals surface area contributed by atoms with Crippen molar-refractivity contribution in [3.63, 3.8) is 0 Å². The van der Waals surface area contributed by atoms with Crippen LogP contribution in [0.3, 0.4) is 0 Å². The summed E-state index contributed by atoms with van der Waals surface area (Å²) in [6, 6.07) is 5.15. The Labute approximate surface area is 141 Å². The van der Waals surface area contributed by atoms with Gasteiger partial charge in [-0.2, -0.15) is 0 Å². The third-order valence-corrected chi connectivity index (χ3v) is 4.30. The number of aliphatic hydroxyl groups excluding tert-OH is 1. The van der Waals surface area contributed by atoms with Gasteiger partial charge < -0.3 is 14.9 Å². The first kappa shape index (κ1) is 19.8. The normalized spacial score (nSPS) is 12.3. The second-order valence-electron chi connectivity index (χ2n) is 6.51. The lowest BCUT2D eigenvalue weighted by molar-refractivity contribution is 0.160. The molecule has 1 aromatic rings. The van der Waals surface area contributed by atoms with E-state index in [1.807, 2.05) is 6.07 Å². The van der Waals surface area contributed by atoms with Crippen LogP contribution in [0.15, 0.2) is 18.2 Å². The van der Waals surface area contributed by atoms with Crippen LogP contribution in [0.5, 0.6) is 11.5 Å². The number of benzene rings is 1. The zero-order valence-corrected chi connectivity index (χ0v) is 14.9. The molecule has 0 unspecified atom stereocenters. The van der Waals surface area contributed by atoms with Crippen molar-refractivity contribution in [3.8, 4) is 11.5 Å². The van der Waals surface area contributed by atoms with Crippen LogP contribution in [0, 0.1) is 0 Å². The molecule has 0 amide bonds. The Bertz CT molecular complexity index is 417. The summed E-state index contributed by atoms with van der Waals surface area (Å²) >= 11 is 0. The van der Waals surface area contributed by atoms with Crippen molar-refractivity contribution in [2.24, 2.45) is 0 Å². The van der Waals surface area contributed by atoms with Gasteiger partial charge in [-0.3, -0.25) is 0 Å². The van der Waals surface area contributed by atoms with E-state index >= 15 is 0 Å². The molecule has 0 bridgehead atoms. The van der Waals surface area contributed by atoms with Crippen molar-refractivity contribution >= 4 is 0 Å². The van der Waals surface area contributed by atoms with Gasteiger partial charge in [0, 0.05) is 6.07 Å². The minimum absolute atomic E-state index is 0.189. The number of aliphatic hydroxyl groups is 1. The van der Waals surface area contributed by atoms with Gasteiger partial charge in [0.15, 0.2) is 0 Å². The van der Waals surface area contributed by atoms with E-state index in [9.17, 15) is 10.2 Å². The van der Waals surface area contributed by atoms with Crippen molar-refractivity contribution in [2.75, 3.05) is 7.11 Å². The van der Waals surface area contributed by atoms with Crippen LogP contribution >= 0.6 is 0 Å². The number of unbranched alkanes of at least 4 members (excludes halogenated alkanes) is 8. The summed E-state index contributed by atoms with van der Waals surface area (Å²) in [5.41, 5.74) is 0.922. The molecule has 0 spiro atoms. The molecular weight excluding hydrogens is 288 g/mol. The molecule has 3 nitrogen and oxygen atoms in total. The summed E-state index contributed by atoms with van der Waals surface area (Å²) in [6.07, 6.45) is 12.7. The highest BCUT2D eigenvalue weighted by Crippen LogP contribution is 2.23. The molecule has 23 heavy (non-hydrogen) atoms. The molecule has 0 aliphatic carbocycles. The van der Waals surface area contributed by atoms with Crippen LogP contribution in [0.2, 0.25) is 0 Å². The smallest absolute Gasteiger partial charge is 0.122 e. The predicted octanol–water partition coefficient (Wildman–Crippen LogP) is 5.23. The molecule has 0 saturated heterocycles. The third-order valence-electron chi connectivity index (χ3n) is 4.30. The minimum Gasteiger partial charge on any atom is -0.508 e. The van der Waals surface area contributed by atoms with Crippen LogP contribution in [0.1, 0.15) is 76.7 Å². The van der Waals surface area contributed by atoms with Crippen molar-refractivity contribution in [1.82, 2.24) is 0 Å². The topological polar surface area (TPSA) is 49.7 Å². The lowest BCUT2D eigenvalue weighted by Crippen LogP contribution is -2.10. The monoisotopic (exact) mass is 322 g/mol. The number of phenolic OH excluding ortho intramolecular Hbond substituents is 1. The molecule has 0 saturated carbocycles. The minimum atomic E-state index is -0.342. The van der Waals surface area contributed by atoms with Gasteiger partial charge in [-0.05, 0) is 30.5 Å². The summed E-state index contributed by atoms with van der Waals surface area (Å²) < 4.78 is 5.14. The third kappa shape index (κ3) is 9.50. The molecule has 0 aliphatic heterocycles. The Balaban J connectivity index is 2.10. The summed E-state index contributed by atoms with van der Waals surface area (Å²) in [6.45, 7) is 2.25. The number of ether oxygens (including phenoxy) is 1. The maximum atomic E-state index is 10.1. The maximum absolute atomic E-state index is 10.1. The molecule has 0 aromatic heterocycles. The Hall–Kier alpha value is -1.22. The van der Waals surface area contributed by atoms with Crippen molar-refractivity contribution < 1.29 is 14.9 Å². The number of methoxy groups -OCH3 is 1. The quantitative estimate of drug-likeness (QED) is 0.489. The lowest BCUT2D eigenvalue weighted by Gasteiger charge is -2.12. The highest BCUT2D eigenvalue weighted by molar-refractivity contribution is 5.37. The average molecular weight is 322 g/mol. The molecule has 0 aliphatic rings. The van der Waals surface area contributed by atoms with E-state index in [4.69, 9.17) is 4.74 Å². The predicted molar refractivity (Wildman–Crippen MR) is 96.2 cm³/mol. The first-order chi connectivity index (χ1) is 11.2. The number of hydrogen-bond acceptors (Lipinski definition) is 3. The van der Waals surface area contributed by atoms with Crippen LogP contribution in [0.4, 0.5) is 0 Å². The zero-order chi connectivity index (χ0) is 16.9. The molecular formula is C20H34O3.